The van der Waals surface area contributed by atoms with Gasteiger partial charge in [0.1, 0.15) is 0 Å². The van der Waals surface area contributed by atoms with Crippen molar-refractivity contribution in [3.05, 3.63) is 23.8 Å². The molecule has 0 aromatic heterocycles. The molecule has 2 heteroatoms. The fourth-order valence-electron chi connectivity index (χ4n) is 11.9. The number of carboxylic acids is 1. The number of carboxylic acid groups (broad SMARTS) is 1. The maximum Gasteiger partial charge on any atom is 0.306 e. The second-order valence-corrected chi connectivity index (χ2v) is 18.3. The van der Waals surface area contributed by atoms with Gasteiger partial charge < -0.3 is 5.11 Å². The lowest BCUT2D eigenvalue weighted by Gasteiger charge is -2.59. The number of hydrogen-bond donors (Lipinski definition) is 1. The van der Waals surface area contributed by atoms with E-state index in [1.807, 2.05) is 0 Å². The third-order valence-corrected chi connectivity index (χ3v) is 14.8. The van der Waals surface area contributed by atoms with Gasteiger partial charge in [-0.15, -0.1) is 0 Å². The smallest absolute Gasteiger partial charge is 0.306 e. The lowest BCUT2D eigenvalue weighted by molar-refractivity contribution is -0.144. The van der Waals surface area contributed by atoms with Crippen LogP contribution in [0.4, 0.5) is 0 Å². The molecule has 0 aromatic rings. The highest BCUT2D eigenvalue weighted by atomic mass is 16.4. The molecule has 0 heterocycles. The molecule has 0 radical (unpaired) electrons. The summed E-state index contributed by atoms with van der Waals surface area (Å²) in [5, 5.41) is 10.3. The summed E-state index contributed by atoms with van der Waals surface area (Å²) in [6.45, 7) is 14.9. The van der Waals surface area contributed by atoms with Crippen molar-refractivity contribution < 1.29 is 9.90 Å². The molecular weight excluding hydrogens is 572 g/mol. The van der Waals surface area contributed by atoms with Gasteiger partial charge in [-0.2, -0.15) is 0 Å². The molecule has 3 fully saturated rings. The molecule has 1 N–H and O–H groups in total. The number of allylic oxidation sites excluding steroid dienone is 4. The van der Waals surface area contributed by atoms with Crippen LogP contribution in [0.5, 0.6) is 0 Å². The molecular formula is C45H78O2. The number of aliphatic carboxylic acids is 1. The first kappa shape index (κ1) is 38.7. The van der Waals surface area contributed by atoms with Crippen LogP contribution in [-0.2, 0) is 4.79 Å². The Labute approximate surface area is 292 Å². The first-order valence-electron chi connectivity index (χ1n) is 21.2. The fraction of sp³-hybridized carbons (Fsp3) is 0.889. The first-order chi connectivity index (χ1) is 22.6. The van der Waals surface area contributed by atoms with E-state index in [2.05, 4.69) is 59.8 Å². The predicted octanol–water partition coefficient (Wildman–Crippen LogP) is 14.0. The first-order valence-corrected chi connectivity index (χ1v) is 21.2. The predicted molar refractivity (Wildman–Crippen MR) is 202 cm³/mol. The molecule has 0 aliphatic heterocycles. The van der Waals surface area contributed by atoms with E-state index in [-0.39, 0.29) is 5.92 Å². The summed E-state index contributed by atoms with van der Waals surface area (Å²) in [5.74, 6) is 4.85. The summed E-state index contributed by atoms with van der Waals surface area (Å²) in [7, 11) is 0. The number of rotatable bonds is 21. The third-order valence-electron chi connectivity index (χ3n) is 14.8. The van der Waals surface area contributed by atoms with E-state index in [1.165, 1.54) is 128 Å². The fourth-order valence-corrected chi connectivity index (χ4v) is 11.9. The maximum absolute atomic E-state index is 12.6. The normalized spacial score (nSPS) is 33.3. The van der Waals surface area contributed by atoms with E-state index >= 15 is 0 Å². The lowest BCUT2D eigenvalue weighted by Crippen LogP contribution is -2.51. The molecule has 3 saturated carbocycles. The van der Waals surface area contributed by atoms with E-state index in [9.17, 15) is 9.90 Å². The van der Waals surface area contributed by atoms with Crippen molar-refractivity contribution in [2.45, 2.75) is 196 Å². The van der Waals surface area contributed by atoms with E-state index in [1.54, 1.807) is 5.57 Å². The molecule has 1 unspecified atom stereocenters. The SMILES string of the molecule is CCCCCC/C=C/CCCCCCCCC(C(=O)O)[C@H]1CC[C@@]2(C)C(=CC[C@H]3[C@@H]4CC[C@H]([C@H](C)CCCC(C)C)[C@@]4(C)CC[C@@H]32)C1. The largest absolute Gasteiger partial charge is 0.481 e. The molecule has 4 aliphatic carbocycles. The Morgan fingerprint density at radius 1 is 0.809 bits per heavy atom. The van der Waals surface area contributed by atoms with Gasteiger partial charge in [-0.25, -0.2) is 0 Å². The van der Waals surface area contributed by atoms with Crippen LogP contribution in [0.2, 0.25) is 0 Å². The zero-order valence-corrected chi connectivity index (χ0v) is 32.2. The van der Waals surface area contributed by atoms with Crippen molar-refractivity contribution in [3.8, 4) is 0 Å². The molecule has 270 valence electrons. The summed E-state index contributed by atoms with van der Waals surface area (Å²) in [4.78, 5) is 12.6. The molecule has 4 aliphatic rings. The second kappa shape index (κ2) is 18.8. The van der Waals surface area contributed by atoms with Gasteiger partial charge in [0, 0.05) is 0 Å². The van der Waals surface area contributed by atoms with Crippen LogP contribution in [0.3, 0.4) is 0 Å². The highest BCUT2D eigenvalue weighted by Gasteiger charge is 2.59. The minimum absolute atomic E-state index is 0.150. The van der Waals surface area contributed by atoms with Crippen LogP contribution < -0.4 is 0 Å². The van der Waals surface area contributed by atoms with E-state index in [0.29, 0.717) is 16.7 Å². The Kier molecular flexibility index (Phi) is 15.5. The summed E-state index contributed by atoms with van der Waals surface area (Å²) in [6, 6.07) is 0. The Bertz CT molecular complexity index is 992. The molecule has 9 atom stereocenters. The molecule has 0 saturated heterocycles. The van der Waals surface area contributed by atoms with Crippen LogP contribution >= 0.6 is 0 Å². The van der Waals surface area contributed by atoms with Gasteiger partial charge in [-0.1, -0.05) is 136 Å². The Balaban J connectivity index is 1.21. The van der Waals surface area contributed by atoms with Crippen molar-refractivity contribution in [2.24, 2.45) is 58.2 Å². The number of fused-ring (bicyclic) bond motifs is 5. The van der Waals surface area contributed by atoms with Crippen molar-refractivity contribution in [1.29, 1.82) is 0 Å². The number of carbonyl (C=O) groups is 1. The average Bonchev–Trinajstić information content (AvgIpc) is 3.39. The molecule has 47 heavy (non-hydrogen) atoms. The minimum atomic E-state index is -0.526. The average molecular weight is 651 g/mol. The summed E-state index contributed by atoms with van der Waals surface area (Å²) in [6.07, 6.45) is 38.3. The summed E-state index contributed by atoms with van der Waals surface area (Å²) < 4.78 is 0. The van der Waals surface area contributed by atoms with Crippen molar-refractivity contribution in [3.63, 3.8) is 0 Å². The Hall–Kier alpha value is -1.05. The standard InChI is InChI=1S/C45H78O2/c1-7-8-9-10-11-12-13-14-15-16-17-18-19-20-24-38(43(46)47)36-29-31-44(5)37(33-36)25-26-39-41-28-27-40(35(4)23-21-22-34(2)3)45(41,6)32-30-42(39)44/h12-13,25,34-36,38-42H,7-11,14-24,26-33H2,1-6H3,(H,46,47)/b13-12+/t35-,36+,38?,39+,40-,41+,42+,44+,45-/m1/s1. The van der Waals surface area contributed by atoms with Crippen LogP contribution in [0.1, 0.15) is 196 Å². The van der Waals surface area contributed by atoms with Crippen molar-refractivity contribution in [1.82, 2.24) is 0 Å². The van der Waals surface area contributed by atoms with Gasteiger partial charge in [-0.05, 0) is 136 Å². The maximum atomic E-state index is 12.6. The van der Waals surface area contributed by atoms with Gasteiger partial charge in [0.2, 0.25) is 0 Å². The highest BCUT2D eigenvalue weighted by molar-refractivity contribution is 5.70. The van der Waals surface area contributed by atoms with Gasteiger partial charge in [0.15, 0.2) is 0 Å². The monoisotopic (exact) mass is 651 g/mol. The second-order valence-electron chi connectivity index (χ2n) is 18.3. The number of unbranched alkanes of at least 4 members (excludes halogenated alkanes) is 10. The van der Waals surface area contributed by atoms with Crippen molar-refractivity contribution in [2.75, 3.05) is 0 Å². The zero-order chi connectivity index (χ0) is 33.9. The molecule has 4 rings (SSSR count). The van der Waals surface area contributed by atoms with Crippen LogP contribution in [0.15, 0.2) is 23.8 Å². The van der Waals surface area contributed by atoms with Crippen LogP contribution in [0, 0.1) is 58.2 Å². The van der Waals surface area contributed by atoms with Gasteiger partial charge >= 0.3 is 5.97 Å². The summed E-state index contributed by atoms with van der Waals surface area (Å²) in [5.41, 5.74) is 2.52. The van der Waals surface area contributed by atoms with Crippen LogP contribution in [-0.4, -0.2) is 11.1 Å². The molecule has 0 aromatic carbocycles. The van der Waals surface area contributed by atoms with E-state index in [4.69, 9.17) is 0 Å². The van der Waals surface area contributed by atoms with E-state index < -0.39 is 5.97 Å². The Morgan fingerprint density at radius 3 is 2.17 bits per heavy atom. The Morgan fingerprint density at radius 2 is 1.49 bits per heavy atom. The highest BCUT2D eigenvalue weighted by Crippen LogP contribution is 2.67. The molecule has 2 nitrogen and oxygen atoms in total. The van der Waals surface area contributed by atoms with E-state index in [0.717, 1.165) is 61.2 Å². The lowest BCUT2D eigenvalue weighted by atomic mass is 9.46. The number of hydrogen-bond acceptors (Lipinski definition) is 1. The quantitative estimate of drug-likeness (QED) is 0.0991. The van der Waals surface area contributed by atoms with Gasteiger partial charge in [-0.3, -0.25) is 4.79 Å². The topological polar surface area (TPSA) is 37.3 Å². The zero-order valence-electron chi connectivity index (χ0n) is 32.2. The third kappa shape index (κ3) is 10.0. The van der Waals surface area contributed by atoms with Gasteiger partial charge in [0.05, 0.1) is 5.92 Å². The van der Waals surface area contributed by atoms with Crippen molar-refractivity contribution >= 4 is 5.97 Å². The minimum Gasteiger partial charge on any atom is -0.481 e. The molecule has 0 amide bonds. The molecule has 0 bridgehead atoms. The van der Waals surface area contributed by atoms with Gasteiger partial charge in [0.25, 0.3) is 0 Å². The van der Waals surface area contributed by atoms with Crippen LogP contribution in [0.25, 0.3) is 0 Å². The molecule has 0 spiro atoms. The summed E-state index contributed by atoms with van der Waals surface area (Å²) >= 11 is 0.